The smallest absolute Gasteiger partial charge is 0.191 e. The summed E-state index contributed by atoms with van der Waals surface area (Å²) in [5.41, 5.74) is 1.82. The lowest BCUT2D eigenvalue weighted by molar-refractivity contribution is 0.128. The van der Waals surface area contributed by atoms with E-state index in [0.717, 1.165) is 51.7 Å². The van der Waals surface area contributed by atoms with Gasteiger partial charge in [0, 0.05) is 45.9 Å². The Hall–Kier alpha value is -0.860. The number of hydrogen-bond donors (Lipinski definition) is 2. The number of ether oxygens (including phenoxy) is 1. The molecular weight excluding hydrogens is 463 g/mol. The molecule has 5 nitrogen and oxygen atoms in total. The molecule has 0 spiro atoms. The number of nitrogens with one attached hydrogen (secondary N) is 2. The van der Waals surface area contributed by atoms with Gasteiger partial charge in [-0.2, -0.15) is 0 Å². The van der Waals surface area contributed by atoms with E-state index < -0.39 is 0 Å². The molecule has 2 N–H and O–H groups in total. The van der Waals surface area contributed by atoms with Gasteiger partial charge in [0.25, 0.3) is 0 Å². The van der Waals surface area contributed by atoms with E-state index in [1.54, 1.807) is 7.11 Å². The molecule has 1 saturated heterocycles. The summed E-state index contributed by atoms with van der Waals surface area (Å²) in [5, 5.41) is 7.12. The predicted octanol–water partition coefficient (Wildman–Crippen LogP) is 3.29. The lowest BCUT2D eigenvalue weighted by atomic mass is 9.97. The number of aliphatic imine (C=N–C) groups is 1. The van der Waals surface area contributed by atoms with Crippen LogP contribution in [0.25, 0.3) is 0 Å². The van der Waals surface area contributed by atoms with Crippen LogP contribution in [0.15, 0.2) is 35.3 Å². The van der Waals surface area contributed by atoms with Gasteiger partial charge in [-0.1, -0.05) is 30.3 Å². The molecule has 0 radical (unpaired) electrons. The Bertz CT molecular complexity index is 583. The fourth-order valence-corrected chi connectivity index (χ4v) is 3.88. The van der Waals surface area contributed by atoms with Crippen LogP contribution in [0.5, 0.6) is 0 Å². The van der Waals surface area contributed by atoms with Crippen LogP contribution in [-0.4, -0.2) is 63.3 Å². The van der Waals surface area contributed by atoms with Gasteiger partial charge in [-0.15, -0.1) is 24.0 Å². The Labute approximate surface area is 187 Å². The average Bonchev–Trinajstić information content (AvgIpc) is 3.46. The summed E-state index contributed by atoms with van der Waals surface area (Å²) in [6, 6.07) is 11.4. The zero-order chi connectivity index (χ0) is 19.0. The van der Waals surface area contributed by atoms with Crippen molar-refractivity contribution >= 4 is 29.9 Å². The highest BCUT2D eigenvalue weighted by Gasteiger charge is 2.42. The van der Waals surface area contributed by atoms with E-state index in [2.05, 4.69) is 52.8 Å². The van der Waals surface area contributed by atoms with Crippen LogP contribution in [0, 0.1) is 5.41 Å². The number of halogens is 1. The molecule has 1 aromatic rings. The van der Waals surface area contributed by atoms with Crippen molar-refractivity contribution in [1.29, 1.82) is 0 Å². The molecule has 158 valence electrons. The summed E-state index contributed by atoms with van der Waals surface area (Å²) in [6.07, 6.45) is 6.08. The Morgan fingerprint density at radius 3 is 2.54 bits per heavy atom. The Morgan fingerprint density at radius 2 is 1.93 bits per heavy atom. The van der Waals surface area contributed by atoms with Crippen molar-refractivity contribution in [2.75, 3.05) is 46.4 Å². The lowest BCUT2D eigenvalue weighted by Crippen LogP contribution is -2.49. The number of rotatable bonds is 9. The van der Waals surface area contributed by atoms with Gasteiger partial charge >= 0.3 is 0 Å². The van der Waals surface area contributed by atoms with Crippen molar-refractivity contribution < 1.29 is 4.74 Å². The molecule has 0 unspecified atom stereocenters. The van der Waals surface area contributed by atoms with Gasteiger partial charge in [-0.05, 0) is 50.0 Å². The van der Waals surface area contributed by atoms with Gasteiger partial charge in [0.05, 0.1) is 6.61 Å². The molecule has 0 aromatic heterocycles. The van der Waals surface area contributed by atoms with E-state index in [9.17, 15) is 0 Å². The molecule has 0 atom stereocenters. The third kappa shape index (κ3) is 7.52. The van der Waals surface area contributed by atoms with Crippen molar-refractivity contribution in [3.05, 3.63) is 35.9 Å². The number of benzene rings is 1. The highest BCUT2D eigenvalue weighted by atomic mass is 127. The molecule has 6 heteroatoms. The Kier molecular flexibility index (Phi) is 10.0. The largest absolute Gasteiger partial charge is 0.383 e. The summed E-state index contributed by atoms with van der Waals surface area (Å²) < 4.78 is 5.19. The number of likely N-dealkylation sites (tertiary alicyclic amines) is 1. The van der Waals surface area contributed by atoms with Crippen LogP contribution in [0.4, 0.5) is 0 Å². The first kappa shape index (κ1) is 23.4. The first-order valence-corrected chi connectivity index (χ1v) is 10.5. The first-order valence-electron chi connectivity index (χ1n) is 10.5. The standard InChI is InChI=1S/C22H36N4O.HI/c1-3-23-21(25-20-9-13-26(14-10-20)15-16-27-2)24-18-22(11-12-22)17-19-7-5-4-6-8-19;/h4-8,20H,3,9-18H2,1-2H3,(H2,23,24,25);1H. The fourth-order valence-electron chi connectivity index (χ4n) is 3.88. The molecule has 0 amide bonds. The highest BCUT2D eigenvalue weighted by molar-refractivity contribution is 14.0. The van der Waals surface area contributed by atoms with Gasteiger partial charge in [0.15, 0.2) is 5.96 Å². The first-order chi connectivity index (χ1) is 13.2. The number of hydrogen-bond acceptors (Lipinski definition) is 3. The van der Waals surface area contributed by atoms with Crippen LogP contribution >= 0.6 is 24.0 Å². The van der Waals surface area contributed by atoms with Crippen LogP contribution in [-0.2, 0) is 11.2 Å². The zero-order valence-electron chi connectivity index (χ0n) is 17.5. The third-order valence-corrected chi connectivity index (χ3v) is 5.84. The summed E-state index contributed by atoms with van der Waals surface area (Å²) in [5.74, 6) is 0.993. The van der Waals surface area contributed by atoms with E-state index in [4.69, 9.17) is 9.73 Å². The molecule has 1 aromatic carbocycles. The molecule has 2 fully saturated rings. The number of methoxy groups -OCH3 is 1. The Balaban J connectivity index is 0.00000280. The second-order valence-corrected chi connectivity index (χ2v) is 8.11. The van der Waals surface area contributed by atoms with Crippen molar-refractivity contribution in [2.24, 2.45) is 10.4 Å². The average molecular weight is 500 g/mol. The molecule has 1 aliphatic carbocycles. The maximum absolute atomic E-state index is 5.19. The summed E-state index contributed by atoms with van der Waals surface area (Å²) in [6.45, 7) is 8.11. The van der Waals surface area contributed by atoms with Crippen molar-refractivity contribution in [2.45, 2.75) is 45.1 Å². The molecule has 1 heterocycles. The van der Waals surface area contributed by atoms with Crippen molar-refractivity contribution in [3.8, 4) is 0 Å². The van der Waals surface area contributed by atoms with E-state index in [1.165, 1.54) is 31.2 Å². The summed E-state index contributed by atoms with van der Waals surface area (Å²) >= 11 is 0. The van der Waals surface area contributed by atoms with Gasteiger partial charge in [0.1, 0.15) is 0 Å². The minimum atomic E-state index is 0. The molecule has 1 saturated carbocycles. The van der Waals surface area contributed by atoms with E-state index >= 15 is 0 Å². The van der Waals surface area contributed by atoms with Gasteiger partial charge in [-0.3, -0.25) is 4.99 Å². The van der Waals surface area contributed by atoms with Gasteiger partial charge in [0.2, 0.25) is 0 Å². The normalized spacial score (nSPS) is 19.7. The molecule has 28 heavy (non-hydrogen) atoms. The number of nitrogens with zero attached hydrogens (tertiary/aromatic N) is 2. The molecule has 0 bridgehead atoms. The zero-order valence-corrected chi connectivity index (χ0v) is 19.8. The van der Waals surface area contributed by atoms with Crippen LogP contribution < -0.4 is 10.6 Å². The second-order valence-electron chi connectivity index (χ2n) is 8.11. The maximum atomic E-state index is 5.19. The maximum Gasteiger partial charge on any atom is 0.191 e. The van der Waals surface area contributed by atoms with Crippen LogP contribution in [0.2, 0.25) is 0 Å². The topological polar surface area (TPSA) is 48.9 Å². The quantitative estimate of drug-likeness (QED) is 0.311. The summed E-state index contributed by atoms with van der Waals surface area (Å²) in [4.78, 5) is 7.46. The van der Waals surface area contributed by atoms with Crippen molar-refractivity contribution in [1.82, 2.24) is 15.5 Å². The Morgan fingerprint density at radius 1 is 1.21 bits per heavy atom. The molecular formula is C22H37IN4O. The number of piperidine rings is 1. The fraction of sp³-hybridized carbons (Fsp3) is 0.682. The predicted molar refractivity (Wildman–Crippen MR) is 128 cm³/mol. The minimum Gasteiger partial charge on any atom is -0.383 e. The SMILES string of the molecule is CCNC(=NCC1(Cc2ccccc2)CC1)NC1CCN(CCOC)CC1.I. The highest BCUT2D eigenvalue weighted by Crippen LogP contribution is 2.48. The van der Waals surface area contributed by atoms with Gasteiger partial charge in [-0.25, -0.2) is 0 Å². The van der Waals surface area contributed by atoms with Gasteiger partial charge < -0.3 is 20.3 Å². The monoisotopic (exact) mass is 500 g/mol. The number of guanidine groups is 1. The minimum absolute atomic E-state index is 0. The van der Waals surface area contributed by atoms with Crippen LogP contribution in [0.3, 0.4) is 0 Å². The molecule has 3 rings (SSSR count). The lowest BCUT2D eigenvalue weighted by Gasteiger charge is -2.33. The van der Waals surface area contributed by atoms with E-state index in [1.807, 2.05) is 0 Å². The summed E-state index contributed by atoms with van der Waals surface area (Å²) in [7, 11) is 1.78. The van der Waals surface area contributed by atoms with E-state index in [-0.39, 0.29) is 24.0 Å². The molecule has 2 aliphatic rings. The molecule has 1 aliphatic heterocycles. The van der Waals surface area contributed by atoms with Crippen LogP contribution in [0.1, 0.15) is 38.2 Å². The second kappa shape index (κ2) is 12.0. The van der Waals surface area contributed by atoms with E-state index in [0.29, 0.717) is 11.5 Å². The third-order valence-electron chi connectivity index (χ3n) is 5.84. The van der Waals surface area contributed by atoms with Crippen molar-refractivity contribution in [3.63, 3.8) is 0 Å².